The van der Waals surface area contributed by atoms with E-state index in [2.05, 4.69) is 0 Å². The van der Waals surface area contributed by atoms with Crippen LogP contribution in [-0.2, 0) is 25.2 Å². The number of rotatable bonds is 14. The Kier molecular flexibility index (Phi) is 9.61. The molecule has 0 bridgehead atoms. The summed E-state index contributed by atoms with van der Waals surface area (Å²) in [4.78, 5) is 0. The lowest BCUT2D eigenvalue weighted by Crippen LogP contribution is -2.10. The van der Waals surface area contributed by atoms with Gasteiger partial charge in [-0.2, -0.15) is 0 Å². The van der Waals surface area contributed by atoms with Crippen molar-refractivity contribution in [3.8, 4) is 11.5 Å². The number of phosphoric ester groups is 1. The zero-order valence-electron chi connectivity index (χ0n) is 17.3. The van der Waals surface area contributed by atoms with Gasteiger partial charge in [-0.3, -0.25) is 4.52 Å². The smallest absolute Gasteiger partial charge is 0.395 e. The summed E-state index contributed by atoms with van der Waals surface area (Å²) in [5.74, 6) is 0.802. The number of hydrogen-bond donors (Lipinski definition) is 0. The molecule has 164 valence electrons. The first-order chi connectivity index (χ1) is 15.2. The average molecular weight is 442 g/mol. The van der Waals surface area contributed by atoms with Gasteiger partial charge in [0.15, 0.2) is 0 Å². The van der Waals surface area contributed by atoms with Crippen molar-refractivity contribution >= 4 is 7.82 Å². The van der Waals surface area contributed by atoms with E-state index < -0.39 is 7.82 Å². The summed E-state index contributed by atoms with van der Waals surface area (Å²) >= 11 is 0. The van der Waals surface area contributed by atoms with E-state index in [-0.39, 0.29) is 13.2 Å². The monoisotopic (exact) mass is 442 g/mol. The second kappa shape index (κ2) is 12.9. The van der Waals surface area contributed by atoms with Crippen LogP contribution in [0.5, 0.6) is 11.5 Å². The van der Waals surface area contributed by atoms with Crippen LogP contribution in [0, 0.1) is 0 Å². The fraction of sp³-hybridized carbons (Fsp3) is 0.250. The van der Waals surface area contributed by atoms with Crippen molar-refractivity contribution in [3.05, 3.63) is 96.6 Å². The van der Waals surface area contributed by atoms with Crippen molar-refractivity contribution in [3.63, 3.8) is 0 Å². The van der Waals surface area contributed by atoms with E-state index >= 15 is 0 Å². The molecule has 0 amide bonds. The molecule has 0 unspecified atom stereocenters. The third-order valence-electron chi connectivity index (χ3n) is 4.09. The summed E-state index contributed by atoms with van der Waals surface area (Å²) in [5, 5.41) is 0. The van der Waals surface area contributed by atoms with Crippen molar-refractivity contribution in [1.29, 1.82) is 0 Å². The quantitative estimate of drug-likeness (QED) is 0.229. The van der Waals surface area contributed by atoms with Crippen molar-refractivity contribution in [2.75, 3.05) is 26.4 Å². The molecular weight excluding hydrogens is 415 g/mol. The van der Waals surface area contributed by atoms with Gasteiger partial charge < -0.3 is 18.5 Å². The Morgan fingerprint density at radius 1 is 0.581 bits per heavy atom. The molecule has 0 atom stereocenters. The minimum atomic E-state index is -3.87. The van der Waals surface area contributed by atoms with Crippen molar-refractivity contribution in [2.24, 2.45) is 0 Å². The van der Waals surface area contributed by atoms with Gasteiger partial charge in [0.25, 0.3) is 0 Å². The normalized spacial score (nSPS) is 11.2. The van der Waals surface area contributed by atoms with Crippen LogP contribution >= 0.6 is 7.82 Å². The number of phosphoric acid groups is 1. The molecule has 31 heavy (non-hydrogen) atoms. The van der Waals surface area contributed by atoms with Gasteiger partial charge in [0, 0.05) is 13.2 Å². The summed E-state index contributed by atoms with van der Waals surface area (Å²) in [7, 11) is -3.87. The molecule has 0 aliphatic heterocycles. The maximum atomic E-state index is 13.1. The molecule has 3 aromatic carbocycles. The first kappa shape index (κ1) is 23.0. The SMILES string of the molecule is O=P(OCCOCCCOCc1ccccc1)(Oc1ccccc1)Oc1ccccc1. The predicted molar refractivity (Wildman–Crippen MR) is 119 cm³/mol. The van der Waals surface area contributed by atoms with Crippen molar-refractivity contribution in [2.45, 2.75) is 13.0 Å². The van der Waals surface area contributed by atoms with Crippen LogP contribution in [0.3, 0.4) is 0 Å². The molecule has 0 spiro atoms. The Morgan fingerprint density at radius 2 is 1.10 bits per heavy atom. The van der Waals surface area contributed by atoms with Crippen LogP contribution < -0.4 is 9.05 Å². The summed E-state index contributed by atoms with van der Waals surface area (Å²) < 4.78 is 40.8. The van der Waals surface area contributed by atoms with E-state index in [4.69, 9.17) is 23.0 Å². The van der Waals surface area contributed by atoms with E-state index in [1.54, 1.807) is 48.5 Å². The lowest BCUT2D eigenvalue weighted by molar-refractivity contribution is 0.0585. The van der Waals surface area contributed by atoms with Gasteiger partial charge in [-0.1, -0.05) is 66.7 Å². The number of benzene rings is 3. The highest BCUT2D eigenvalue weighted by molar-refractivity contribution is 7.49. The van der Waals surface area contributed by atoms with Crippen LogP contribution in [-0.4, -0.2) is 26.4 Å². The minimum absolute atomic E-state index is 0.0712. The maximum absolute atomic E-state index is 13.1. The van der Waals surface area contributed by atoms with E-state index in [1.807, 2.05) is 42.5 Å². The molecule has 3 aromatic rings. The average Bonchev–Trinajstić information content (AvgIpc) is 2.80. The third-order valence-corrected chi connectivity index (χ3v) is 5.45. The topological polar surface area (TPSA) is 63.2 Å². The molecule has 0 radical (unpaired) electrons. The summed E-state index contributed by atoms with van der Waals surface area (Å²) in [6, 6.07) is 27.6. The lowest BCUT2D eigenvalue weighted by Gasteiger charge is -2.19. The highest BCUT2D eigenvalue weighted by Crippen LogP contribution is 2.49. The summed E-state index contributed by atoms with van der Waals surface area (Å²) in [5.41, 5.74) is 1.14. The first-order valence-electron chi connectivity index (χ1n) is 10.2. The Morgan fingerprint density at radius 3 is 1.68 bits per heavy atom. The summed E-state index contributed by atoms with van der Waals surface area (Å²) in [6.07, 6.45) is 0.755. The molecule has 0 saturated heterocycles. The molecule has 6 nitrogen and oxygen atoms in total. The molecule has 0 aromatic heterocycles. The lowest BCUT2D eigenvalue weighted by atomic mass is 10.2. The Hall–Kier alpha value is -2.63. The molecule has 0 saturated carbocycles. The highest BCUT2D eigenvalue weighted by atomic mass is 31.2. The molecule has 7 heteroatoms. The van der Waals surface area contributed by atoms with Gasteiger partial charge in [0.05, 0.1) is 19.8 Å². The molecule has 0 heterocycles. The van der Waals surface area contributed by atoms with Crippen LogP contribution in [0.4, 0.5) is 0 Å². The summed E-state index contributed by atoms with van der Waals surface area (Å²) in [6.45, 7) is 2.03. The van der Waals surface area contributed by atoms with Crippen molar-refractivity contribution < 1.29 is 27.6 Å². The number of ether oxygens (including phenoxy) is 2. The van der Waals surface area contributed by atoms with Gasteiger partial charge in [-0.15, -0.1) is 0 Å². The van der Waals surface area contributed by atoms with Gasteiger partial charge in [0.2, 0.25) is 0 Å². The predicted octanol–water partition coefficient (Wildman–Crippen LogP) is 5.89. The molecule has 3 rings (SSSR count). The van der Waals surface area contributed by atoms with Gasteiger partial charge in [-0.25, -0.2) is 4.57 Å². The minimum Gasteiger partial charge on any atom is -0.395 e. The number of para-hydroxylation sites is 2. The molecule has 0 fully saturated rings. The van der Waals surface area contributed by atoms with Crippen LogP contribution in [0.15, 0.2) is 91.0 Å². The van der Waals surface area contributed by atoms with E-state index in [0.29, 0.717) is 31.3 Å². The Bertz CT molecular complexity index is 860. The molecule has 0 aliphatic carbocycles. The van der Waals surface area contributed by atoms with Gasteiger partial charge >= 0.3 is 7.82 Å². The second-order valence-electron chi connectivity index (χ2n) is 6.59. The number of hydrogen-bond acceptors (Lipinski definition) is 6. The Balaban J connectivity index is 1.37. The molecule has 0 aliphatic rings. The van der Waals surface area contributed by atoms with Crippen LogP contribution in [0.2, 0.25) is 0 Å². The third kappa shape index (κ3) is 8.95. The standard InChI is InChI=1S/C24H27O6P/c25-31(29-23-13-6-2-7-14-23,30-24-15-8-3-9-16-24)28-20-19-26-17-10-18-27-21-22-11-4-1-5-12-22/h1-9,11-16H,10,17-21H2. The molecular formula is C24H27O6P. The van der Waals surface area contributed by atoms with Crippen molar-refractivity contribution in [1.82, 2.24) is 0 Å². The molecule has 0 N–H and O–H groups in total. The zero-order valence-corrected chi connectivity index (χ0v) is 18.2. The van der Waals surface area contributed by atoms with E-state index in [1.165, 1.54) is 0 Å². The second-order valence-corrected chi connectivity index (χ2v) is 8.11. The van der Waals surface area contributed by atoms with Crippen LogP contribution in [0.1, 0.15) is 12.0 Å². The van der Waals surface area contributed by atoms with Crippen LogP contribution in [0.25, 0.3) is 0 Å². The van der Waals surface area contributed by atoms with E-state index in [9.17, 15) is 4.57 Å². The van der Waals surface area contributed by atoms with Gasteiger partial charge in [-0.05, 0) is 36.2 Å². The van der Waals surface area contributed by atoms with Gasteiger partial charge in [0.1, 0.15) is 11.5 Å². The Labute approximate surface area is 183 Å². The maximum Gasteiger partial charge on any atom is 0.587 e. The fourth-order valence-electron chi connectivity index (χ4n) is 2.63. The fourth-order valence-corrected chi connectivity index (χ4v) is 3.83. The highest BCUT2D eigenvalue weighted by Gasteiger charge is 2.30. The zero-order chi connectivity index (χ0) is 21.6. The largest absolute Gasteiger partial charge is 0.587 e. The van der Waals surface area contributed by atoms with E-state index in [0.717, 1.165) is 12.0 Å². The first-order valence-corrected chi connectivity index (χ1v) is 11.6.